The summed E-state index contributed by atoms with van der Waals surface area (Å²) < 4.78 is 16.1. The van der Waals surface area contributed by atoms with Gasteiger partial charge in [-0.05, 0) is 64.8 Å². The fourth-order valence-corrected chi connectivity index (χ4v) is 2.83. The van der Waals surface area contributed by atoms with E-state index in [2.05, 4.69) is 29.4 Å². The molecule has 0 aliphatic heterocycles. The van der Waals surface area contributed by atoms with Crippen LogP contribution in [0.4, 0.5) is 4.39 Å². The molecule has 1 aliphatic carbocycles. The van der Waals surface area contributed by atoms with Gasteiger partial charge in [0.05, 0.1) is 5.69 Å². The molecule has 0 spiro atoms. The second kappa shape index (κ2) is 5.92. The summed E-state index contributed by atoms with van der Waals surface area (Å²) in [6, 6.07) is 3.64. The minimum absolute atomic E-state index is 0.0858. The van der Waals surface area contributed by atoms with E-state index in [-0.39, 0.29) is 11.7 Å². The first-order valence-electron chi connectivity index (χ1n) is 7.77. The molecule has 1 aromatic carbocycles. The molecule has 5 heteroatoms. The van der Waals surface area contributed by atoms with E-state index in [9.17, 15) is 4.39 Å². The lowest BCUT2D eigenvalue weighted by molar-refractivity contribution is 0.557. The lowest BCUT2D eigenvalue weighted by Crippen LogP contribution is -2.06. The minimum Gasteiger partial charge on any atom is -0.207 e. The van der Waals surface area contributed by atoms with E-state index in [1.165, 1.54) is 0 Å². The van der Waals surface area contributed by atoms with Gasteiger partial charge in [-0.1, -0.05) is 26.7 Å². The fraction of sp³-hybridized carbons (Fsp3) is 0.562. The number of rotatable bonds is 6. The third kappa shape index (κ3) is 2.96. The van der Waals surface area contributed by atoms with E-state index < -0.39 is 0 Å². The number of tetrazole rings is 1. The van der Waals surface area contributed by atoms with Gasteiger partial charge >= 0.3 is 0 Å². The van der Waals surface area contributed by atoms with Gasteiger partial charge < -0.3 is 0 Å². The zero-order chi connectivity index (χ0) is 14.8. The SMILES string of the molecule is CCCCC(C)c1cc(-n2cnnn2)c(C2CC2)cc1F. The van der Waals surface area contributed by atoms with Crippen molar-refractivity contribution in [3.05, 3.63) is 35.4 Å². The zero-order valence-corrected chi connectivity index (χ0v) is 12.6. The zero-order valence-electron chi connectivity index (χ0n) is 12.6. The Bertz CT molecular complexity index is 605. The van der Waals surface area contributed by atoms with Crippen molar-refractivity contribution < 1.29 is 4.39 Å². The highest BCUT2D eigenvalue weighted by molar-refractivity contribution is 5.48. The van der Waals surface area contributed by atoms with Crippen LogP contribution in [0.15, 0.2) is 18.5 Å². The third-order valence-corrected chi connectivity index (χ3v) is 4.28. The van der Waals surface area contributed by atoms with Gasteiger partial charge in [-0.2, -0.15) is 0 Å². The summed E-state index contributed by atoms with van der Waals surface area (Å²) in [5, 5.41) is 11.4. The van der Waals surface area contributed by atoms with Crippen LogP contribution < -0.4 is 0 Å². The van der Waals surface area contributed by atoms with Crippen LogP contribution >= 0.6 is 0 Å². The van der Waals surface area contributed by atoms with Crippen molar-refractivity contribution >= 4 is 0 Å². The molecular weight excluding hydrogens is 267 g/mol. The predicted octanol–water partition coefficient (Wildman–Crippen LogP) is 3.97. The summed E-state index contributed by atoms with van der Waals surface area (Å²) in [6.45, 7) is 4.25. The van der Waals surface area contributed by atoms with Crippen LogP contribution in [0.1, 0.15) is 68.9 Å². The van der Waals surface area contributed by atoms with Crippen molar-refractivity contribution in [1.29, 1.82) is 0 Å². The molecule has 2 aromatic rings. The number of benzene rings is 1. The third-order valence-electron chi connectivity index (χ3n) is 4.28. The first kappa shape index (κ1) is 14.2. The summed E-state index contributed by atoms with van der Waals surface area (Å²) in [7, 11) is 0. The quantitative estimate of drug-likeness (QED) is 0.807. The van der Waals surface area contributed by atoms with E-state index in [4.69, 9.17) is 0 Å². The van der Waals surface area contributed by atoms with Crippen LogP contribution in [-0.2, 0) is 0 Å². The molecule has 0 saturated heterocycles. The lowest BCUT2D eigenvalue weighted by atomic mass is 9.92. The largest absolute Gasteiger partial charge is 0.207 e. The minimum atomic E-state index is -0.0858. The van der Waals surface area contributed by atoms with Crippen molar-refractivity contribution in [1.82, 2.24) is 20.2 Å². The summed E-state index contributed by atoms with van der Waals surface area (Å²) in [4.78, 5) is 0. The van der Waals surface area contributed by atoms with Crippen molar-refractivity contribution in [2.75, 3.05) is 0 Å². The maximum atomic E-state index is 14.5. The van der Waals surface area contributed by atoms with Gasteiger partial charge in [0.15, 0.2) is 0 Å². The van der Waals surface area contributed by atoms with E-state index in [1.807, 2.05) is 6.07 Å². The Hall–Kier alpha value is -1.78. The van der Waals surface area contributed by atoms with Crippen LogP contribution in [0.2, 0.25) is 0 Å². The summed E-state index contributed by atoms with van der Waals surface area (Å²) in [5.74, 6) is 0.587. The van der Waals surface area contributed by atoms with Crippen LogP contribution in [0.3, 0.4) is 0 Å². The van der Waals surface area contributed by atoms with E-state index in [0.29, 0.717) is 5.92 Å². The monoisotopic (exact) mass is 288 g/mol. The molecule has 1 aromatic heterocycles. The van der Waals surface area contributed by atoms with Gasteiger partial charge in [0, 0.05) is 0 Å². The highest BCUT2D eigenvalue weighted by Crippen LogP contribution is 2.44. The molecule has 1 aliphatic rings. The fourth-order valence-electron chi connectivity index (χ4n) is 2.83. The molecule has 0 radical (unpaired) electrons. The molecule has 1 unspecified atom stereocenters. The van der Waals surface area contributed by atoms with Crippen molar-refractivity contribution in [3.8, 4) is 5.69 Å². The van der Waals surface area contributed by atoms with Gasteiger partial charge in [-0.15, -0.1) is 5.10 Å². The van der Waals surface area contributed by atoms with Crippen molar-refractivity contribution in [3.63, 3.8) is 0 Å². The molecule has 0 bridgehead atoms. The van der Waals surface area contributed by atoms with Gasteiger partial charge in [-0.3, -0.25) is 0 Å². The lowest BCUT2D eigenvalue weighted by Gasteiger charge is -2.16. The Labute approximate surface area is 124 Å². The number of nitrogens with zero attached hydrogens (tertiary/aromatic N) is 4. The average Bonchev–Trinajstić information content (AvgIpc) is 3.19. The average molecular weight is 288 g/mol. The number of hydrogen-bond donors (Lipinski definition) is 0. The van der Waals surface area contributed by atoms with Crippen LogP contribution in [0, 0.1) is 5.82 Å². The molecule has 1 atom stereocenters. The van der Waals surface area contributed by atoms with E-state index in [0.717, 1.165) is 48.9 Å². The molecule has 1 fully saturated rings. The first-order valence-corrected chi connectivity index (χ1v) is 7.77. The number of aromatic nitrogens is 4. The summed E-state index contributed by atoms with van der Waals surface area (Å²) in [5.41, 5.74) is 2.74. The number of unbranched alkanes of at least 4 members (excludes halogenated alkanes) is 1. The number of hydrogen-bond acceptors (Lipinski definition) is 3. The van der Waals surface area contributed by atoms with E-state index in [1.54, 1.807) is 17.1 Å². The molecule has 0 N–H and O–H groups in total. The van der Waals surface area contributed by atoms with Crippen LogP contribution in [-0.4, -0.2) is 20.2 Å². The topological polar surface area (TPSA) is 43.6 Å². The maximum Gasteiger partial charge on any atom is 0.143 e. The molecule has 112 valence electrons. The summed E-state index contributed by atoms with van der Waals surface area (Å²) >= 11 is 0. The molecule has 0 amide bonds. The first-order chi connectivity index (χ1) is 10.2. The summed E-state index contributed by atoms with van der Waals surface area (Å²) in [6.07, 6.45) is 7.08. The standard InChI is InChI=1S/C16H21FN4/c1-3-4-5-11(2)13-9-16(21-10-18-19-20-21)14(8-15(13)17)12-6-7-12/h8-12H,3-7H2,1-2H3. The molecule has 1 saturated carbocycles. The van der Waals surface area contributed by atoms with Crippen LogP contribution in [0.5, 0.6) is 0 Å². The smallest absolute Gasteiger partial charge is 0.143 e. The van der Waals surface area contributed by atoms with E-state index >= 15 is 0 Å². The van der Waals surface area contributed by atoms with Crippen molar-refractivity contribution in [2.24, 2.45) is 0 Å². The number of halogens is 1. The Morgan fingerprint density at radius 1 is 1.38 bits per heavy atom. The van der Waals surface area contributed by atoms with Gasteiger partial charge in [0.1, 0.15) is 12.1 Å². The maximum absolute atomic E-state index is 14.5. The Kier molecular flexibility index (Phi) is 3.99. The van der Waals surface area contributed by atoms with Gasteiger partial charge in [-0.25, -0.2) is 9.07 Å². The molecule has 4 nitrogen and oxygen atoms in total. The van der Waals surface area contributed by atoms with Crippen LogP contribution in [0.25, 0.3) is 5.69 Å². The second-order valence-corrected chi connectivity index (χ2v) is 6.00. The van der Waals surface area contributed by atoms with Gasteiger partial charge in [0.25, 0.3) is 0 Å². The molecule has 3 rings (SSSR count). The van der Waals surface area contributed by atoms with Gasteiger partial charge in [0.2, 0.25) is 0 Å². The molecular formula is C16H21FN4. The normalized spacial score (nSPS) is 16.1. The molecule has 1 heterocycles. The Morgan fingerprint density at radius 3 is 2.81 bits per heavy atom. The van der Waals surface area contributed by atoms with Crippen molar-refractivity contribution in [2.45, 2.75) is 57.8 Å². The predicted molar refractivity (Wildman–Crippen MR) is 79.0 cm³/mol. The Balaban J connectivity index is 2.00. The Morgan fingerprint density at radius 2 is 2.19 bits per heavy atom. The molecule has 21 heavy (non-hydrogen) atoms. The second-order valence-electron chi connectivity index (χ2n) is 6.00. The highest BCUT2D eigenvalue weighted by Gasteiger charge is 2.29. The highest BCUT2D eigenvalue weighted by atomic mass is 19.1.